The molecule has 1 saturated heterocycles. The average molecular weight is 374 g/mol. The third-order valence-electron chi connectivity index (χ3n) is 4.41. The van der Waals surface area contributed by atoms with E-state index in [9.17, 15) is 4.79 Å². The van der Waals surface area contributed by atoms with Crippen molar-refractivity contribution in [1.82, 2.24) is 5.43 Å². The molecule has 1 fully saturated rings. The molecule has 0 atom stereocenters. The van der Waals surface area contributed by atoms with Gasteiger partial charge in [-0.1, -0.05) is 6.07 Å². The molecule has 6 nitrogen and oxygen atoms in total. The van der Waals surface area contributed by atoms with Crippen LogP contribution in [0.5, 0.6) is 5.75 Å². The minimum absolute atomic E-state index is 0.189. The molecule has 0 radical (unpaired) electrons. The van der Waals surface area contributed by atoms with Crippen molar-refractivity contribution in [2.45, 2.75) is 13.5 Å². The highest BCUT2D eigenvalue weighted by atomic mass is 32.1. The fourth-order valence-corrected chi connectivity index (χ4v) is 3.52. The van der Waals surface area contributed by atoms with Gasteiger partial charge in [0.05, 0.1) is 30.9 Å². The fourth-order valence-electron chi connectivity index (χ4n) is 2.91. The van der Waals surface area contributed by atoms with Crippen LogP contribution >= 0.6 is 11.3 Å². The van der Waals surface area contributed by atoms with Gasteiger partial charge in [-0.15, -0.1) is 11.3 Å². The third kappa shape index (κ3) is 4.69. The number of nitrogens with zero attached hydrogens (tertiary/aromatic N) is 1. The molecule has 2 heterocycles. The highest BCUT2D eigenvalue weighted by molar-refractivity contribution is 7.12. The van der Waals surface area contributed by atoms with E-state index < -0.39 is 0 Å². The van der Waals surface area contributed by atoms with E-state index >= 15 is 0 Å². The van der Waals surface area contributed by atoms with E-state index in [1.807, 2.05) is 30.5 Å². The van der Waals surface area contributed by atoms with Crippen molar-refractivity contribution in [2.24, 2.45) is 5.10 Å². The summed E-state index contributed by atoms with van der Waals surface area (Å²) in [7, 11) is 1.69. The maximum Gasteiger partial charge on any atom is 0.281 e. The summed E-state index contributed by atoms with van der Waals surface area (Å²) in [6.07, 6.45) is 0. The number of nitrogens with one attached hydrogen (secondary N) is 2. The Morgan fingerprint density at radius 3 is 2.85 bits per heavy atom. The van der Waals surface area contributed by atoms with Gasteiger partial charge in [-0.25, -0.2) is 5.43 Å². The number of hydrogen-bond acceptors (Lipinski definition) is 5. The topological polar surface area (TPSA) is 64.4 Å². The number of methoxy groups -OCH3 is 1. The van der Waals surface area contributed by atoms with E-state index in [1.165, 1.54) is 16.2 Å². The summed E-state index contributed by atoms with van der Waals surface area (Å²) < 4.78 is 10.9. The van der Waals surface area contributed by atoms with Crippen molar-refractivity contribution < 1.29 is 19.2 Å². The van der Waals surface area contributed by atoms with Gasteiger partial charge < -0.3 is 14.4 Å². The van der Waals surface area contributed by atoms with E-state index in [4.69, 9.17) is 9.47 Å². The minimum Gasteiger partial charge on any atom is -0.496 e. The molecule has 7 heteroatoms. The number of hydrazone groups is 1. The van der Waals surface area contributed by atoms with Gasteiger partial charge in [0.2, 0.25) is 0 Å². The molecule has 2 aromatic rings. The second-order valence-electron chi connectivity index (χ2n) is 6.18. The second kappa shape index (κ2) is 8.93. The quantitative estimate of drug-likeness (QED) is 0.592. The van der Waals surface area contributed by atoms with Crippen LogP contribution in [0.2, 0.25) is 0 Å². The van der Waals surface area contributed by atoms with E-state index in [1.54, 1.807) is 13.2 Å². The molecule has 1 aliphatic rings. The second-order valence-corrected chi connectivity index (χ2v) is 7.13. The number of thiophene rings is 1. The molecule has 1 aromatic heterocycles. The highest BCUT2D eigenvalue weighted by Crippen LogP contribution is 2.20. The molecule has 3 rings (SSSR count). The number of carbonyl (C=O) groups excluding carboxylic acids is 1. The first kappa shape index (κ1) is 18.6. The summed E-state index contributed by atoms with van der Waals surface area (Å²) in [6, 6.07) is 9.65. The number of rotatable bonds is 6. The zero-order valence-electron chi connectivity index (χ0n) is 15.1. The first-order valence-corrected chi connectivity index (χ1v) is 9.52. The Morgan fingerprint density at radius 2 is 2.15 bits per heavy atom. The first-order chi connectivity index (χ1) is 12.7. The highest BCUT2D eigenvalue weighted by Gasteiger charge is 2.17. The van der Waals surface area contributed by atoms with Crippen LogP contribution in [0.1, 0.15) is 27.7 Å². The van der Waals surface area contributed by atoms with Crippen molar-refractivity contribution in [3.05, 3.63) is 51.7 Å². The number of carbonyl (C=O) groups is 1. The number of quaternary nitrogens is 1. The largest absolute Gasteiger partial charge is 0.496 e. The van der Waals surface area contributed by atoms with Gasteiger partial charge in [-0.2, -0.15) is 5.10 Å². The van der Waals surface area contributed by atoms with Gasteiger partial charge >= 0.3 is 0 Å². The van der Waals surface area contributed by atoms with Crippen molar-refractivity contribution in [2.75, 3.05) is 33.4 Å². The van der Waals surface area contributed by atoms with Crippen LogP contribution in [0, 0.1) is 0 Å². The zero-order chi connectivity index (χ0) is 18.4. The van der Waals surface area contributed by atoms with Crippen LogP contribution in [-0.4, -0.2) is 45.0 Å². The molecule has 1 aliphatic heterocycles. The maximum atomic E-state index is 12.0. The van der Waals surface area contributed by atoms with E-state index in [0.717, 1.165) is 55.4 Å². The Bertz CT molecular complexity index is 768. The van der Waals surface area contributed by atoms with Crippen LogP contribution in [0.25, 0.3) is 0 Å². The first-order valence-electron chi connectivity index (χ1n) is 8.64. The molecule has 1 amide bonds. The molecule has 0 aliphatic carbocycles. The molecule has 0 bridgehead atoms. The SMILES string of the molecule is COc1ccc(/C(C)=N\NC(=O)c2cccs2)cc1C[NH+]1CCOCC1. The lowest BCUT2D eigenvalue weighted by molar-refractivity contribution is -0.921. The van der Waals surface area contributed by atoms with Crippen LogP contribution in [0.4, 0.5) is 0 Å². The molecule has 0 unspecified atom stereocenters. The maximum absolute atomic E-state index is 12.0. The number of benzene rings is 1. The molecule has 0 spiro atoms. The summed E-state index contributed by atoms with van der Waals surface area (Å²) >= 11 is 1.39. The van der Waals surface area contributed by atoms with E-state index in [0.29, 0.717) is 4.88 Å². The van der Waals surface area contributed by atoms with Crippen LogP contribution in [0.3, 0.4) is 0 Å². The van der Waals surface area contributed by atoms with Gasteiger partial charge in [0, 0.05) is 5.56 Å². The van der Waals surface area contributed by atoms with E-state index in [-0.39, 0.29) is 5.91 Å². The summed E-state index contributed by atoms with van der Waals surface area (Å²) in [5.74, 6) is 0.689. The van der Waals surface area contributed by atoms with Crippen molar-refractivity contribution in [1.29, 1.82) is 0 Å². The normalized spacial score (nSPS) is 15.7. The van der Waals surface area contributed by atoms with Gasteiger partial charge in [0.1, 0.15) is 25.4 Å². The third-order valence-corrected chi connectivity index (χ3v) is 5.28. The molecule has 2 N–H and O–H groups in total. The predicted octanol–water partition coefficient (Wildman–Crippen LogP) is 1.33. The van der Waals surface area contributed by atoms with Crippen LogP contribution in [-0.2, 0) is 11.3 Å². The zero-order valence-corrected chi connectivity index (χ0v) is 15.9. The van der Waals surface area contributed by atoms with Crippen LogP contribution in [0.15, 0.2) is 40.8 Å². The van der Waals surface area contributed by atoms with Crippen molar-refractivity contribution >= 4 is 23.0 Å². The summed E-state index contributed by atoms with van der Waals surface area (Å²) in [5, 5.41) is 6.12. The Balaban J connectivity index is 1.73. The Morgan fingerprint density at radius 1 is 1.35 bits per heavy atom. The van der Waals surface area contributed by atoms with Crippen molar-refractivity contribution in [3.8, 4) is 5.75 Å². The van der Waals surface area contributed by atoms with Crippen LogP contribution < -0.4 is 15.1 Å². The number of hydrogen-bond donors (Lipinski definition) is 2. The monoisotopic (exact) mass is 374 g/mol. The fraction of sp³-hybridized carbons (Fsp3) is 0.368. The number of ether oxygens (including phenoxy) is 2. The smallest absolute Gasteiger partial charge is 0.281 e. The van der Waals surface area contributed by atoms with Crippen molar-refractivity contribution in [3.63, 3.8) is 0 Å². The molecule has 138 valence electrons. The predicted molar refractivity (Wildman–Crippen MR) is 102 cm³/mol. The Labute approximate surface area is 157 Å². The van der Waals surface area contributed by atoms with Gasteiger partial charge in [-0.3, -0.25) is 4.79 Å². The van der Waals surface area contributed by atoms with Gasteiger partial charge in [-0.05, 0) is 42.1 Å². The standard InChI is InChI=1S/C19H23N3O3S/c1-14(20-21-19(23)18-4-3-11-26-18)15-5-6-17(24-2)16(12-15)13-22-7-9-25-10-8-22/h3-6,11-12H,7-10,13H2,1-2H3,(H,21,23)/p+1/b20-14-. The minimum atomic E-state index is -0.189. The lowest BCUT2D eigenvalue weighted by Crippen LogP contribution is -3.12. The number of morpholine rings is 1. The average Bonchev–Trinajstić information content (AvgIpc) is 3.21. The Kier molecular flexibility index (Phi) is 6.38. The molecule has 0 saturated carbocycles. The molecule has 1 aromatic carbocycles. The van der Waals surface area contributed by atoms with Gasteiger partial charge in [0.15, 0.2) is 0 Å². The summed E-state index contributed by atoms with van der Waals surface area (Å²) in [6.45, 7) is 6.37. The molecule has 26 heavy (non-hydrogen) atoms. The lowest BCUT2D eigenvalue weighted by Gasteiger charge is -2.24. The van der Waals surface area contributed by atoms with E-state index in [2.05, 4.69) is 16.6 Å². The summed E-state index contributed by atoms with van der Waals surface area (Å²) in [5.41, 5.74) is 5.49. The summed E-state index contributed by atoms with van der Waals surface area (Å²) in [4.78, 5) is 14.2. The number of amides is 1. The molecular weight excluding hydrogens is 350 g/mol. The lowest BCUT2D eigenvalue weighted by atomic mass is 10.1. The Hall–Kier alpha value is -2.22. The van der Waals surface area contributed by atoms with Gasteiger partial charge in [0.25, 0.3) is 5.91 Å². The molecular formula is C19H24N3O3S+.